The fourth-order valence-electron chi connectivity index (χ4n) is 6.54. The molecule has 0 aliphatic heterocycles. The van der Waals surface area contributed by atoms with Crippen molar-refractivity contribution in [1.29, 1.82) is 0 Å². The number of para-hydroxylation sites is 3. The molecular weight excluding hydrogens is 556 g/mol. The minimum absolute atomic E-state index is 0.319. The summed E-state index contributed by atoms with van der Waals surface area (Å²) >= 11 is 0. The molecule has 0 unspecified atom stereocenters. The molecule has 0 amide bonds. The maximum atomic E-state index is 6.80. The Morgan fingerprint density at radius 2 is 1.24 bits per heavy atom. The molecular formula is C39H26N4O2. The third-order valence-electron chi connectivity index (χ3n) is 8.57. The van der Waals surface area contributed by atoms with Crippen LogP contribution in [0.4, 0.5) is 0 Å². The topological polar surface area (TPSA) is 82.0 Å². The molecule has 3 heterocycles. The van der Waals surface area contributed by atoms with Gasteiger partial charge in [0.05, 0.1) is 11.0 Å². The zero-order chi connectivity index (χ0) is 29.9. The summed E-state index contributed by atoms with van der Waals surface area (Å²) in [7, 11) is 0. The smallest absolute Gasteiger partial charge is 0.159 e. The van der Waals surface area contributed by atoms with Gasteiger partial charge in [-0.3, -0.25) is 0 Å². The van der Waals surface area contributed by atoms with Crippen molar-refractivity contribution in [2.24, 2.45) is 15.7 Å². The lowest BCUT2D eigenvalue weighted by Gasteiger charge is -2.09. The number of benzene rings is 6. The summed E-state index contributed by atoms with van der Waals surface area (Å²) < 4.78 is 14.8. The first-order valence-electron chi connectivity index (χ1n) is 14.9. The van der Waals surface area contributed by atoms with Crippen LogP contribution in [0.2, 0.25) is 0 Å². The summed E-state index contributed by atoms with van der Waals surface area (Å²) in [5.74, 6) is 0.914. The van der Waals surface area contributed by atoms with Gasteiger partial charge < -0.3 is 19.1 Å². The molecule has 0 spiro atoms. The second-order valence-electron chi connectivity index (χ2n) is 11.1. The Morgan fingerprint density at radius 1 is 0.578 bits per heavy atom. The number of fused-ring (bicyclic) bond motifs is 10. The van der Waals surface area contributed by atoms with Crippen molar-refractivity contribution in [2.75, 3.05) is 0 Å². The summed E-state index contributed by atoms with van der Waals surface area (Å²) in [6, 6.07) is 44.7. The normalized spacial score (nSPS) is 12.9. The lowest BCUT2D eigenvalue weighted by molar-refractivity contribution is 0.667. The van der Waals surface area contributed by atoms with E-state index < -0.39 is 0 Å². The standard InChI is InChI=1S/C39H26N4O2/c40-38(30-16-10-20-34-35(30)29-15-6-9-19-33(29)44-34)42-39(24-11-2-1-3-12-24)41-23-43-31-17-7-4-13-25(31)27-21-22-28-26-14-5-8-18-32(26)45-37(28)36(27)43/h1-22H,23H2,(H2,40,41,42). The molecule has 214 valence electrons. The molecule has 0 saturated carbocycles. The molecule has 0 fully saturated rings. The molecule has 2 N–H and O–H groups in total. The van der Waals surface area contributed by atoms with E-state index in [4.69, 9.17) is 24.6 Å². The minimum Gasteiger partial charge on any atom is -0.456 e. The maximum Gasteiger partial charge on any atom is 0.159 e. The minimum atomic E-state index is 0.319. The highest BCUT2D eigenvalue weighted by atomic mass is 16.3. The molecule has 6 nitrogen and oxygen atoms in total. The van der Waals surface area contributed by atoms with Gasteiger partial charge in [0.25, 0.3) is 0 Å². The van der Waals surface area contributed by atoms with Gasteiger partial charge in [-0.05, 0) is 30.3 Å². The second kappa shape index (κ2) is 9.96. The SMILES string of the molecule is NC(=NC(=NCn1c2ccccc2c2ccc3c4ccccc4oc3c21)c1ccccc1)c1cccc2oc3ccccc3c12. The number of aliphatic imine (C=N–C) groups is 2. The van der Waals surface area contributed by atoms with E-state index in [2.05, 4.69) is 47.0 Å². The van der Waals surface area contributed by atoms with Crippen LogP contribution in [0.15, 0.2) is 152 Å². The van der Waals surface area contributed by atoms with Crippen LogP contribution in [0.25, 0.3) is 65.7 Å². The van der Waals surface area contributed by atoms with Gasteiger partial charge in [-0.15, -0.1) is 0 Å². The highest BCUT2D eigenvalue weighted by Gasteiger charge is 2.18. The van der Waals surface area contributed by atoms with Gasteiger partial charge >= 0.3 is 0 Å². The van der Waals surface area contributed by atoms with E-state index in [1.165, 1.54) is 0 Å². The van der Waals surface area contributed by atoms with Gasteiger partial charge in [0, 0.05) is 43.4 Å². The number of rotatable bonds is 4. The van der Waals surface area contributed by atoms with Crippen LogP contribution < -0.4 is 5.73 Å². The van der Waals surface area contributed by atoms with Crippen LogP contribution in [0.5, 0.6) is 0 Å². The molecule has 9 rings (SSSR count). The molecule has 0 saturated heterocycles. The Balaban J connectivity index is 1.25. The Morgan fingerprint density at radius 3 is 2.09 bits per heavy atom. The lowest BCUT2D eigenvalue weighted by atomic mass is 10.1. The number of aromatic nitrogens is 1. The van der Waals surface area contributed by atoms with Gasteiger partial charge in [-0.1, -0.05) is 103 Å². The zero-order valence-electron chi connectivity index (χ0n) is 24.1. The average molecular weight is 583 g/mol. The van der Waals surface area contributed by atoms with E-state index >= 15 is 0 Å². The molecule has 6 aromatic carbocycles. The predicted molar refractivity (Wildman–Crippen MR) is 184 cm³/mol. The van der Waals surface area contributed by atoms with Gasteiger partial charge in [0.2, 0.25) is 0 Å². The van der Waals surface area contributed by atoms with Crippen molar-refractivity contribution >= 4 is 77.4 Å². The van der Waals surface area contributed by atoms with E-state index in [0.29, 0.717) is 18.3 Å². The second-order valence-corrected chi connectivity index (χ2v) is 11.1. The fraction of sp³-hybridized carbons (Fsp3) is 0.0256. The van der Waals surface area contributed by atoms with E-state index in [9.17, 15) is 0 Å². The molecule has 45 heavy (non-hydrogen) atoms. The maximum absolute atomic E-state index is 6.80. The Bertz CT molecular complexity index is 2640. The summed E-state index contributed by atoms with van der Waals surface area (Å²) in [6.45, 7) is 0.319. The van der Waals surface area contributed by atoms with Gasteiger partial charge in [-0.2, -0.15) is 0 Å². The molecule has 0 radical (unpaired) electrons. The quantitative estimate of drug-likeness (QED) is 0.166. The summed E-state index contributed by atoms with van der Waals surface area (Å²) in [6.07, 6.45) is 0. The van der Waals surface area contributed by atoms with E-state index in [1.54, 1.807) is 0 Å². The number of furan rings is 2. The van der Waals surface area contributed by atoms with Gasteiger partial charge in [-0.25, -0.2) is 9.98 Å². The molecule has 6 heteroatoms. The molecule has 0 aliphatic carbocycles. The van der Waals surface area contributed by atoms with Crippen molar-refractivity contribution in [1.82, 2.24) is 4.57 Å². The Kier molecular flexibility index (Phi) is 5.62. The molecule has 0 bridgehead atoms. The summed E-state index contributed by atoms with van der Waals surface area (Å²) in [5.41, 5.74) is 13.9. The van der Waals surface area contributed by atoms with Crippen molar-refractivity contribution in [3.8, 4) is 0 Å². The Hall–Kier alpha value is -6.14. The Labute approximate surface area is 257 Å². The van der Waals surface area contributed by atoms with Crippen molar-refractivity contribution in [3.05, 3.63) is 145 Å². The summed E-state index contributed by atoms with van der Waals surface area (Å²) in [4.78, 5) is 10.1. The number of hydrogen-bond donors (Lipinski definition) is 1. The van der Waals surface area contributed by atoms with Gasteiger partial charge in [0.15, 0.2) is 11.4 Å². The third kappa shape index (κ3) is 3.96. The van der Waals surface area contributed by atoms with Crippen molar-refractivity contribution in [2.45, 2.75) is 6.67 Å². The van der Waals surface area contributed by atoms with Crippen LogP contribution in [0.3, 0.4) is 0 Å². The van der Waals surface area contributed by atoms with Crippen LogP contribution >= 0.6 is 0 Å². The monoisotopic (exact) mass is 582 g/mol. The average Bonchev–Trinajstić information content (AvgIpc) is 3.76. The van der Waals surface area contributed by atoms with E-state index in [-0.39, 0.29) is 0 Å². The third-order valence-corrected chi connectivity index (χ3v) is 8.57. The zero-order valence-corrected chi connectivity index (χ0v) is 24.1. The predicted octanol–water partition coefficient (Wildman–Crippen LogP) is 9.40. The molecule has 9 aromatic rings. The molecule has 0 aliphatic rings. The molecule has 0 atom stereocenters. The highest BCUT2D eigenvalue weighted by Crippen LogP contribution is 2.38. The van der Waals surface area contributed by atoms with Crippen molar-refractivity contribution in [3.63, 3.8) is 0 Å². The summed E-state index contributed by atoms with van der Waals surface area (Å²) in [5, 5.41) is 6.38. The lowest BCUT2D eigenvalue weighted by Crippen LogP contribution is -2.17. The first-order chi connectivity index (χ1) is 22.2. The fourth-order valence-corrected chi connectivity index (χ4v) is 6.54. The largest absolute Gasteiger partial charge is 0.456 e. The van der Waals surface area contributed by atoms with Gasteiger partial charge in [0.1, 0.15) is 29.3 Å². The number of hydrogen-bond acceptors (Lipinski definition) is 3. The number of nitrogens with zero attached hydrogens (tertiary/aromatic N) is 3. The van der Waals surface area contributed by atoms with E-state index in [0.717, 1.165) is 76.8 Å². The van der Waals surface area contributed by atoms with Crippen LogP contribution in [0, 0.1) is 0 Å². The van der Waals surface area contributed by atoms with Crippen LogP contribution in [-0.4, -0.2) is 16.2 Å². The first kappa shape index (κ1) is 25.4. The number of nitrogens with two attached hydrogens (primary N) is 1. The van der Waals surface area contributed by atoms with Crippen molar-refractivity contribution < 1.29 is 8.83 Å². The highest BCUT2D eigenvalue weighted by molar-refractivity contribution is 6.22. The molecule has 3 aromatic heterocycles. The van der Waals surface area contributed by atoms with E-state index in [1.807, 2.05) is 91.0 Å². The van der Waals surface area contributed by atoms with Crippen LogP contribution in [0.1, 0.15) is 11.1 Å². The first-order valence-corrected chi connectivity index (χ1v) is 14.9. The van der Waals surface area contributed by atoms with Crippen LogP contribution in [-0.2, 0) is 6.67 Å². The number of amidine groups is 2.